The number of amides is 1. The Bertz CT molecular complexity index is 697. The van der Waals surface area contributed by atoms with Gasteiger partial charge in [-0.3, -0.25) is 4.79 Å². The number of allylic oxidation sites excluding steroid dienone is 1. The highest BCUT2D eigenvalue weighted by Gasteiger charge is 2.29. The Morgan fingerprint density at radius 3 is 2.58 bits per heavy atom. The van der Waals surface area contributed by atoms with Crippen LogP contribution in [0.25, 0.3) is 0 Å². The number of sulfone groups is 1. The van der Waals surface area contributed by atoms with Crippen LogP contribution in [0.3, 0.4) is 0 Å². The quantitative estimate of drug-likeness (QED) is 0.891. The van der Waals surface area contributed by atoms with E-state index >= 15 is 0 Å². The van der Waals surface area contributed by atoms with E-state index in [9.17, 15) is 13.2 Å². The lowest BCUT2D eigenvalue weighted by Gasteiger charge is -2.32. The summed E-state index contributed by atoms with van der Waals surface area (Å²) >= 11 is 0. The molecule has 0 aromatic heterocycles. The van der Waals surface area contributed by atoms with E-state index in [1.807, 2.05) is 6.07 Å². The van der Waals surface area contributed by atoms with E-state index < -0.39 is 9.84 Å². The second kappa shape index (κ2) is 7.51. The van der Waals surface area contributed by atoms with Gasteiger partial charge < -0.3 is 5.32 Å². The minimum atomic E-state index is -3.09. The first-order chi connectivity index (χ1) is 11.5. The molecule has 1 heterocycles. The smallest absolute Gasteiger partial charge is 0.220 e. The van der Waals surface area contributed by atoms with Crippen LogP contribution >= 0.6 is 0 Å². The molecule has 4 nitrogen and oxygen atoms in total. The summed E-state index contributed by atoms with van der Waals surface area (Å²) < 4.78 is 22.9. The van der Waals surface area contributed by atoms with Crippen LogP contribution in [0.1, 0.15) is 37.7 Å². The molecule has 1 amide bonds. The Morgan fingerprint density at radius 2 is 1.88 bits per heavy atom. The summed E-state index contributed by atoms with van der Waals surface area (Å²) in [4.78, 5) is 12.3. The topological polar surface area (TPSA) is 63.2 Å². The molecule has 24 heavy (non-hydrogen) atoms. The highest BCUT2D eigenvalue weighted by molar-refractivity contribution is 7.94. The average molecular weight is 347 g/mol. The molecule has 1 aliphatic heterocycles. The predicted molar refractivity (Wildman–Crippen MR) is 95.1 cm³/mol. The number of carbonyl (C=O) groups excluding carboxylic acids is 1. The minimum absolute atomic E-state index is 0.0216. The molecule has 0 saturated heterocycles. The lowest BCUT2D eigenvalue weighted by Crippen LogP contribution is -2.43. The van der Waals surface area contributed by atoms with Gasteiger partial charge in [0.25, 0.3) is 0 Å². The molecule has 0 bridgehead atoms. The van der Waals surface area contributed by atoms with Gasteiger partial charge in [-0.1, -0.05) is 49.2 Å². The third-order valence-corrected chi connectivity index (χ3v) is 6.51. The molecule has 3 atom stereocenters. The normalized spacial score (nSPS) is 28.6. The molecule has 1 aliphatic carbocycles. The Kier molecular flexibility index (Phi) is 5.39. The third kappa shape index (κ3) is 4.69. The fourth-order valence-corrected chi connectivity index (χ4v) is 5.23. The monoisotopic (exact) mass is 347 g/mol. The molecule has 5 heteroatoms. The van der Waals surface area contributed by atoms with Crippen LogP contribution in [0.2, 0.25) is 0 Å². The van der Waals surface area contributed by atoms with Crippen molar-refractivity contribution in [3.63, 3.8) is 0 Å². The average Bonchev–Trinajstić information content (AvgIpc) is 2.89. The van der Waals surface area contributed by atoms with Crippen LogP contribution in [0.15, 0.2) is 41.8 Å². The van der Waals surface area contributed by atoms with Gasteiger partial charge in [-0.25, -0.2) is 8.42 Å². The van der Waals surface area contributed by atoms with Crippen LogP contribution in [-0.4, -0.2) is 26.1 Å². The van der Waals surface area contributed by atoms with Crippen LogP contribution in [0.5, 0.6) is 0 Å². The molecular formula is C19H25NO3S. The fraction of sp³-hybridized carbons (Fsp3) is 0.526. The summed E-state index contributed by atoms with van der Waals surface area (Å²) in [5, 5.41) is 4.42. The standard InChI is InChI=1S/C19H25NO3S/c21-19(13-16-10-11-24(22,23)14-16)20-18-9-5-4-8-17(18)12-15-6-2-1-3-7-15/h1-3,6-7,10-11,16-18H,4-5,8-9,12-14H2,(H,20,21). The van der Waals surface area contributed by atoms with Crippen molar-refractivity contribution in [3.8, 4) is 0 Å². The van der Waals surface area contributed by atoms with E-state index in [-0.39, 0.29) is 30.0 Å². The van der Waals surface area contributed by atoms with Gasteiger partial charge in [-0.05, 0) is 30.7 Å². The summed E-state index contributed by atoms with van der Waals surface area (Å²) in [5.41, 5.74) is 1.31. The Balaban J connectivity index is 1.55. The fourth-order valence-electron chi connectivity index (χ4n) is 3.83. The van der Waals surface area contributed by atoms with Crippen LogP contribution < -0.4 is 5.32 Å². The summed E-state index contributed by atoms with van der Waals surface area (Å²) in [6.45, 7) is 0. The lowest BCUT2D eigenvalue weighted by molar-refractivity contribution is -0.122. The molecule has 1 N–H and O–H groups in total. The Morgan fingerprint density at radius 1 is 1.12 bits per heavy atom. The number of carbonyl (C=O) groups is 1. The summed E-state index contributed by atoms with van der Waals surface area (Å²) in [6, 6.07) is 10.6. The molecule has 130 valence electrons. The van der Waals surface area contributed by atoms with Crippen molar-refractivity contribution in [3.05, 3.63) is 47.4 Å². The number of hydrogen-bond acceptors (Lipinski definition) is 3. The van der Waals surface area contributed by atoms with Gasteiger partial charge in [-0.2, -0.15) is 0 Å². The SMILES string of the molecule is O=C(CC1C=CS(=O)(=O)C1)NC1CCCCC1Cc1ccccc1. The van der Waals surface area contributed by atoms with Gasteiger partial charge in [0.1, 0.15) is 0 Å². The molecule has 2 aliphatic rings. The molecule has 1 saturated carbocycles. The van der Waals surface area contributed by atoms with E-state index in [0.717, 1.165) is 25.7 Å². The summed E-state index contributed by atoms with van der Waals surface area (Å²) in [7, 11) is -3.09. The lowest BCUT2D eigenvalue weighted by atomic mass is 9.80. The predicted octanol–water partition coefficient (Wildman–Crippen LogP) is 2.85. The van der Waals surface area contributed by atoms with Crippen LogP contribution in [0, 0.1) is 11.8 Å². The number of benzene rings is 1. The number of hydrogen-bond donors (Lipinski definition) is 1. The first kappa shape index (κ1) is 17.2. The first-order valence-corrected chi connectivity index (χ1v) is 10.5. The molecule has 3 unspecified atom stereocenters. The van der Waals surface area contributed by atoms with E-state index in [2.05, 4.69) is 29.6 Å². The zero-order valence-corrected chi connectivity index (χ0v) is 14.7. The maximum absolute atomic E-state index is 12.3. The molecular weight excluding hydrogens is 322 g/mol. The van der Waals surface area contributed by atoms with Crippen molar-refractivity contribution in [1.29, 1.82) is 0 Å². The van der Waals surface area contributed by atoms with Crippen molar-refractivity contribution in [2.24, 2.45) is 11.8 Å². The van der Waals surface area contributed by atoms with Gasteiger partial charge in [0.05, 0.1) is 5.75 Å². The Hall–Kier alpha value is -1.62. The van der Waals surface area contributed by atoms with Crippen molar-refractivity contribution in [2.45, 2.75) is 44.6 Å². The van der Waals surface area contributed by atoms with Crippen molar-refractivity contribution in [1.82, 2.24) is 5.32 Å². The molecule has 0 radical (unpaired) electrons. The zero-order valence-electron chi connectivity index (χ0n) is 13.9. The van der Waals surface area contributed by atoms with Crippen molar-refractivity contribution in [2.75, 3.05) is 5.75 Å². The van der Waals surface area contributed by atoms with E-state index in [1.54, 1.807) is 6.08 Å². The molecule has 1 aromatic rings. The molecule has 1 aromatic carbocycles. The molecule has 1 fully saturated rings. The van der Waals surface area contributed by atoms with Gasteiger partial charge in [0.15, 0.2) is 9.84 Å². The van der Waals surface area contributed by atoms with Crippen molar-refractivity contribution < 1.29 is 13.2 Å². The second-order valence-corrected chi connectivity index (χ2v) is 8.96. The highest BCUT2D eigenvalue weighted by Crippen LogP contribution is 2.28. The van der Waals surface area contributed by atoms with E-state index in [0.29, 0.717) is 5.92 Å². The van der Waals surface area contributed by atoms with Crippen LogP contribution in [0.4, 0.5) is 0 Å². The Labute approximate surface area is 144 Å². The number of rotatable bonds is 5. The van der Waals surface area contributed by atoms with Gasteiger partial charge in [0, 0.05) is 23.8 Å². The summed E-state index contributed by atoms with van der Waals surface area (Å²) in [5.74, 6) is 0.337. The third-order valence-electron chi connectivity index (χ3n) is 5.05. The van der Waals surface area contributed by atoms with E-state index in [4.69, 9.17) is 0 Å². The van der Waals surface area contributed by atoms with Gasteiger partial charge in [-0.15, -0.1) is 0 Å². The maximum Gasteiger partial charge on any atom is 0.220 e. The maximum atomic E-state index is 12.3. The minimum Gasteiger partial charge on any atom is -0.353 e. The second-order valence-electron chi connectivity index (χ2n) is 7.03. The summed E-state index contributed by atoms with van der Waals surface area (Å²) in [6.07, 6.45) is 7.42. The van der Waals surface area contributed by atoms with Gasteiger partial charge >= 0.3 is 0 Å². The van der Waals surface area contributed by atoms with Crippen LogP contribution in [-0.2, 0) is 21.1 Å². The molecule has 0 spiro atoms. The van der Waals surface area contributed by atoms with Gasteiger partial charge in [0.2, 0.25) is 5.91 Å². The highest BCUT2D eigenvalue weighted by atomic mass is 32.2. The zero-order chi connectivity index (χ0) is 17.0. The van der Waals surface area contributed by atoms with E-state index in [1.165, 1.54) is 17.4 Å². The number of nitrogens with one attached hydrogen (secondary N) is 1. The first-order valence-electron chi connectivity index (χ1n) is 8.76. The largest absolute Gasteiger partial charge is 0.353 e. The van der Waals surface area contributed by atoms with Crippen molar-refractivity contribution >= 4 is 15.7 Å². The molecule has 3 rings (SSSR count).